The molecule has 8 heavy (non-hydrogen) atoms. The molecule has 0 aliphatic rings. The summed E-state index contributed by atoms with van der Waals surface area (Å²) in [4.78, 5) is 7.40. The van der Waals surface area contributed by atoms with Gasteiger partial charge in [-0.3, -0.25) is 4.99 Å². The van der Waals surface area contributed by atoms with Gasteiger partial charge in [-0.1, -0.05) is 6.58 Å². The second kappa shape index (κ2) is 3.13. The van der Waals surface area contributed by atoms with E-state index in [0.29, 0.717) is 5.84 Å². The molecule has 0 aliphatic heterocycles. The first-order valence-electron chi connectivity index (χ1n) is 2.31. The minimum absolute atomic E-state index is 0.630. The van der Waals surface area contributed by atoms with Crippen molar-refractivity contribution in [1.82, 2.24) is 0 Å². The van der Waals surface area contributed by atoms with Gasteiger partial charge in [-0.05, 0) is 19.2 Å². The molecule has 0 radical (unpaired) electrons. The average molecular weight is 110 g/mol. The van der Waals surface area contributed by atoms with Crippen molar-refractivity contribution >= 4 is 12.6 Å². The lowest BCUT2D eigenvalue weighted by Crippen LogP contribution is -1.91. The highest BCUT2D eigenvalue weighted by Crippen LogP contribution is 1.91. The lowest BCUT2D eigenvalue weighted by atomic mass is 10.3. The van der Waals surface area contributed by atoms with Crippen LogP contribution in [0.5, 0.6) is 0 Å². The van der Waals surface area contributed by atoms with Crippen LogP contribution in [-0.4, -0.2) is 19.6 Å². The lowest BCUT2D eigenvalue weighted by molar-refractivity contribution is 1.38. The largest absolute Gasteiger partial charge is 0.270 e. The van der Waals surface area contributed by atoms with E-state index in [2.05, 4.69) is 23.3 Å². The van der Waals surface area contributed by atoms with Crippen LogP contribution in [0, 0.1) is 0 Å². The van der Waals surface area contributed by atoms with Crippen molar-refractivity contribution in [2.24, 2.45) is 9.98 Å². The van der Waals surface area contributed by atoms with Crippen molar-refractivity contribution in [2.75, 3.05) is 7.05 Å². The number of amidine groups is 1. The number of rotatable bonds is 1. The first kappa shape index (κ1) is 7.08. The SMILES string of the molecule is C=NC(=NC)C(=C)C. The van der Waals surface area contributed by atoms with Gasteiger partial charge in [-0.25, -0.2) is 4.99 Å². The van der Waals surface area contributed by atoms with Gasteiger partial charge in [-0.15, -0.1) is 0 Å². The Kier molecular flexibility index (Phi) is 2.77. The molecule has 0 aliphatic carbocycles. The van der Waals surface area contributed by atoms with Crippen molar-refractivity contribution in [3.05, 3.63) is 12.2 Å². The van der Waals surface area contributed by atoms with E-state index in [1.165, 1.54) is 0 Å². The minimum Gasteiger partial charge on any atom is -0.270 e. The molecule has 0 spiro atoms. The fourth-order valence-corrected chi connectivity index (χ4v) is 0.397. The van der Waals surface area contributed by atoms with Gasteiger partial charge < -0.3 is 0 Å². The van der Waals surface area contributed by atoms with Crippen LogP contribution >= 0.6 is 0 Å². The maximum atomic E-state index is 3.79. The van der Waals surface area contributed by atoms with Gasteiger partial charge in [0.1, 0.15) is 5.84 Å². The van der Waals surface area contributed by atoms with E-state index in [0.717, 1.165) is 5.57 Å². The van der Waals surface area contributed by atoms with Crippen molar-refractivity contribution < 1.29 is 0 Å². The molecule has 0 saturated heterocycles. The molecule has 0 unspecified atom stereocenters. The molecule has 0 aromatic carbocycles. The summed E-state index contributed by atoms with van der Waals surface area (Å²) in [5.41, 5.74) is 0.850. The molecule has 0 fully saturated rings. The third-order valence-electron chi connectivity index (χ3n) is 0.743. The Morgan fingerprint density at radius 3 is 2.00 bits per heavy atom. The van der Waals surface area contributed by atoms with Crippen LogP contribution in [0.1, 0.15) is 6.92 Å². The van der Waals surface area contributed by atoms with E-state index in [1.807, 2.05) is 6.92 Å². The number of aliphatic imine (C=N–C) groups is 2. The Morgan fingerprint density at radius 1 is 1.50 bits per heavy atom. The van der Waals surface area contributed by atoms with Crippen LogP contribution in [0.2, 0.25) is 0 Å². The first-order valence-corrected chi connectivity index (χ1v) is 2.31. The van der Waals surface area contributed by atoms with Gasteiger partial charge in [0, 0.05) is 7.05 Å². The fraction of sp³-hybridized carbons (Fsp3) is 0.333. The molecule has 0 amide bonds. The summed E-state index contributed by atoms with van der Waals surface area (Å²) in [7, 11) is 1.67. The fourth-order valence-electron chi connectivity index (χ4n) is 0.397. The highest BCUT2D eigenvalue weighted by Gasteiger charge is 1.89. The van der Waals surface area contributed by atoms with Crippen molar-refractivity contribution in [3.63, 3.8) is 0 Å². The molecule has 0 bridgehead atoms. The van der Waals surface area contributed by atoms with E-state index < -0.39 is 0 Å². The Balaban J connectivity index is 4.13. The third-order valence-corrected chi connectivity index (χ3v) is 0.743. The van der Waals surface area contributed by atoms with Gasteiger partial charge in [0.15, 0.2) is 0 Å². The van der Waals surface area contributed by atoms with Gasteiger partial charge in [-0.2, -0.15) is 0 Å². The molecule has 0 saturated carbocycles. The molecule has 0 atom stereocenters. The van der Waals surface area contributed by atoms with Gasteiger partial charge in [0.05, 0.1) is 0 Å². The molecule has 0 rings (SSSR count). The maximum Gasteiger partial charge on any atom is 0.148 e. The summed E-state index contributed by atoms with van der Waals surface area (Å²) in [5, 5.41) is 0. The number of hydrogen-bond donors (Lipinski definition) is 0. The van der Waals surface area contributed by atoms with Crippen LogP contribution in [0.25, 0.3) is 0 Å². The quantitative estimate of drug-likeness (QED) is 0.359. The molecular weight excluding hydrogens is 100 g/mol. The van der Waals surface area contributed by atoms with Crippen LogP contribution in [0.4, 0.5) is 0 Å². The standard InChI is InChI=1S/C6H10N2/c1-5(2)6(7-3)8-4/h1,3H2,2,4H3. The molecule has 0 aromatic rings. The van der Waals surface area contributed by atoms with Gasteiger partial charge in [0.2, 0.25) is 0 Å². The van der Waals surface area contributed by atoms with Crippen molar-refractivity contribution in [3.8, 4) is 0 Å². The topological polar surface area (TPSA) is 24.7 Å². The molecule has 0 N–H and O–H groups in total. The Hall–Kier alpha value is -0.920. The second-order valence-corrected chi connectivity index (χ2v) is 1.49. The van der Waals surface area contributed by atoms with Crippen molar-refractivity contribution in [2.45, 2.75) is 6.92 Å². The van der Waals surface area contributed by atoms with E-state index in [9.17, 15) is 0 Å². The zero-order valence-corrected chi connectivity index (χ0v) is 5.31. The van der Waals surface area contributed by atoms with Crippen LogP contribution in [-0.2, 0) is 0 Å². The molecule has 2 heteroatoms. The van der Waals surface area contributed by atoms with E-state index >= 15 is 0 Å². The van der Waals surface area contributed by atoms with Gasteiger partial charge >= 0.3 is 0 Å². The normalized spacial score (nSPS) is 11.0. The Morgan fingerprint density at radius 2 is 2.00 bits per heavy atom. The highest BCUT2D eigenvalue weighted by atomic mass is 14.9. The zero-order chi connectivity index (χ0) is 6.57. The van der Waals surface area contributed by atoms with Crippen molar-refractivity contribution in [1.29, 1.82) is 0 Å². The molecule has 2 nitrogen and oxygen atoms in total. The summed E-state index contributed by atoms with van der Waals surface area (Å²) in [6, 6.07) is 0. The predicted molar refractivity (Wildman–Crippen MR) is 37.7 cm³/mol. The van der Waals surface area contributed by atoms with E-state index in [1.54, 1.807) is 7.05 Å². The summed E-state index contributed by atoms with van der Waals surface area (Å²) in [6.07, 6.45) is 0. The molecular formula is C6H10N2. The summed E-state index contributed by atoms with van der Waals surface area (Å²) < 4.78 is 0. The van der Waals surface area contributed by atoms with Crippen LogP contribution in [0.3, 0.4) is 0 Å². The summed E-state index contributed by atoms with van der Waals surface area (Å²) >= 11 is 0. The molecule has 44 valence electrons. The Labute approximate surface area is 49.7 Å². The highest BCUT2D eigenvalue weighted by molar-refractivity contribution is 5.99. The number of nitrogens with zero attached hydrogens (tertiary/aromatic N) is 2. The third kappa shape index (κ3) is 1.69. The second-order valence-electron chi connectivity index (χ2n) is 1.49. The zero-order valence-electron chi connectivity index (χ0n) is 5.31. The van der Waals surface area contributed by atoms with Crippen LogP contribution < -0.4 is 0 Å². The maximum absolute atomic E-state index is 3.79. The number of hydrogen-bond acceptors (Lipinski definition) is 1. The smallest absolute Gasteiger partial charge is 0.148 e. The summed E-state index contributed by atoms with van der Waals surface area (Å²) in [6.45, 7) is 8.79. The van der Waals surface area contributed by atoms with E-state index in [4.69, 9.17) is 0 Å². The monoisotopic (exact) mass is 110 g/mol. The van der Waals surface area contributed by atoms with Crippen LogP contribution in [0.15, 0.2) is 22.1 Å². The minimum atomic E-state index is 0.630. The molecule has 0 heterocycles. The predicted octanol–water partition coefficient (Wildman–Crippen LogP) is 1.29. The lowest BCUT2D eigenvalue weighted by Gasteiger charge is -1.91. The Bertz CT molecular complexity index is 133. The summed E-state index contributed by atoms with van der Waals surface area (Å²) in [5.74, 6) is 0.630. The van der Waals surface area contributed by atoms with E-state index in [-0.39, 0.29) is 0 Å². The van der Waals surface area contributed by atoms with Gasteiger partial charge in [0.25, 0.3) is 0 Å². The molecule has 0 aromatic heterocycles. The average Bonchev–Trinajstić information content (AvgIpc) is 1.69. The first-order chi connectivity index (χ1) is 3.72.